The van der Waals surface area contributed by atoms with Crippen molar-refractivity contribution in [1.82, 2.24) is 25.1 Å². The van der Waals surface area contributed by atoms with Crippen LogP contribution in [-0.4, -0.2) is 106 Å². The number of rotatable bonds is 11. The van der Waals surface area contributed by atoms with Crippen LogP contribution in [0.2, 0.25) is 0 Å². The lowest BCUT2D eigenvalue weighted by Gasteiger charge is -2.36. The summed E-state index contributed by atoms with van der Waals surface area (Å²) in [5.74, 6) is -0.901. The molecule has 1 aliphatic heterocycles. The zero-order valence-electron chi connectivity index (χ0n) is 25.5. The molecule has 0 aliphatic carbocycles. The molecule has 0 bridgehead atoms. The zero-order valence-corrected chi connectivity index (χ0v) is 25.5. The fourth-order valence-corrected chi connectivity index (χ4v) is 4.34. The highest BCUT2D eigenvalue weighted by Gasteiger charge is 2.32. The normalized spacial score (nSPS) is 14.8. The van der Waals surface area contributed by atoms with Gasteiger partial charge in [-0.2, -0.15) is 0 Å². The summed E-state index contributed by atoms with van der Waals surface area (Å²) in [6, 6.07) is 9.15. The molecule has 3 rings (SSSR count). The van der Waals surface area contributed by atoms with E-state index in [1.807, 2.05) is 18.2 Å². The first-order valence-corrected chi connectivity index (χ1v) is 14.4. The number of aliphatic hydroxyl groups excluding tert-OH is 1. The summed E-state index contributed by atoms with van der Waals surface area (Å²) in [4.78, 5) is 63.9. The number of hydrogen-bond donors (Lipinski definition) is 3. The van der Waals surface area contributed by atoms with Gasteiger partial charge in [0, 0.05) is 50.3 Å². The fourth-order valence-electron chi connectivity index (χ4n) is 4.34. The highest BCUT2D eigenvalue weighted by molar-refractivity contribution is 5.97. The number of carbonyl (C=O) groups excluding carboxylic acids is 4. The summed E-state index contributed by atoms with van der Waals surface area (Å²) < 4.78 is 10.5. The van der Waals surface area contributed by atoms with Crippen LogP contribution in [0, 0.1) is 0 Å². The SMILES string of the molecule is CCOC(=O)N1CCN(C(=O)[C@H](CCC(=O)OC(C)(C)C)NC(=O)c2cc(NC(C)CO)nc(-c3ccccc3)n2)CC1. The Morgan fingerprint density at radius 2 is 1.67 bits per heavy atom. The predicted molar refractivity (Wildman–Crippen MR) is 159 cm³/mol. The van der Waals surface area contributed by atoms with Gasteiger partial charge in [0.25, 0.3) is 5.91 Å². The van der Waals surface area contributed by atoms with Crippen LogP contribution in [0.3, 0.4) is 0 Å². The Morgan fingerprint density at radius 1 is 1.02 bits per heavy atom. The molecule has 1 aromatic carbocycles. The quantitative estimate of drug-likeness (QED) is 0.328. The number of esters is 1. The number of hydrogen-bond acceptors (Lipinski definition) is 10. The molecule has 1 aromatic heterocycles. The Kier molecular flexibility index (Phi) is 11.8. The molecule has 2 heterocycles. The topological polar surface area (TPSA) is 163 Å². The molecular weight excluding hydrogens is 556 g/mol. The molecule has 1 aliphatic rings. The Balaban J connectivity index is 1.84. The van der Waals surface area contributed by atoms with Gasteiger partial charge in [-0.05, 0) is 41.0 Å². The van der Waals surface area contributed by atoms with Gasteiger partial charge in [0.1, 0.15) is 23.2 Å². The number of piperazine rings is 1. The maximum absolute atomic E-state index is 13.7. The molecule has 234 valence electrons. The smallest absolute Gasteiger partial charge is 0.409 e. The summed E-state index contributed by atoms with van der Waals surface area (Å²) in [5.41, 5.74) is -0.0229. The molecule has 3 amide bonds. The molecule has 0 radical (unpaired) electrons. The minimum atomic E-state index is -1.06. The first-order valence-electron chi connectivity index (χ1n) is 14.4. The Labute approximate surface area is 252 Å². The van der Waals surface area contributed by atoms with E-state index in [-0.39, 0.29) is 75.7 Å². The lowest BCUT2D eigenvalue weighted by Crippen LogP contribution is -2.56. The van der Waals surface area contributed by atoms with E-state index in [9.17, 15) is 24.3 Å². The van der Waals surface area contributed by atoms with E-state index in [0.717, 1.165) is 0 Å². The molecule has 0 saturated carbocycles. The van der Waals surface area contributed by atoms with E-state index >= 15 is 0 Å². The number of nitrogens with zero attached hydrogens (tertiary/aromatic N) is 4. The first kappa shape index (κ1) is 33.2. The van der Waals surface area contributed by atoms with Gasteiger partial charge in [-0.1, -0.05) is 30.3 Å². The fraction of sp³-hybridized carbons (Fsp3) is 0.533. The van der Waals surface area contributed by atoms with E-state index in [4.69, 9.17) is 9.47 Å². The Morgan fingerprint density at radius 3 is 2.28 bits per heavy atom. The number of aliphatic hydroxyl groups is 1. The van der Waals surface area contributed by atoms with Crippen LogP contribution in [0.1, 0.15) is 57.9 Å². The largest absolute Gasteiger partial charge is 0.460 e. The molecule has 1 unspecified atom stereocenters. The molecule has 1 saturated heterocycles. The molecule has 43 heavy (non-hydrogen) atoms. The van der Waals surface area contributed by atoms with Crippen molar-refractivity contribution >= 4 is 29.7 Å². The van der Waals surface area contributed by atoms with E-state index in [2.05, 4.69) is 20.6 Å². The number of anilines is 1. The van der Waals surface area contributed by atoms with Crippen LogP contribution in [0.25, 0.3) is 11.4 Å². The van der Waals surface area contributed by atoms with E-state index < -0.39 is 29.6 Å². The van der Waals surface area contributed by atoms with Gasteiger partial charge in [0.05, 0.1) is 13.2 Å². The third-order valence-electron chi connectivity index (χ3n) is 6.44. The lowest BCUT2D eigenvalue weighted by molar-refractivity contribution is -0.155. The van der Waals surface area contributed by atoms with E-state index in [1.165, 1.54) is 11.0 Å². The minimum absolute atomic E-state index is 0.000850. The van der Waals surface area contributed by atoms with Crippen molar-refractivity contribution in [1.29, 1.82) is 0 Å². The molecule has 13 nitrogen and oxygen atoms in total. The summed E-state index contributed by atoms with van der Waals surface area (Å²) in [6.45, 7) is 9.88. The summed E-state index contributed by atoms with van der Waals surface area (Å²) in [6.07, 6.45) is -0.542. The van der Waals surface area contributed by atoms with Crippen LogP contribution in [0.5, 0.6) is 0 Å². The number of nitrogens with one attached hydrogen (secondary N) is 2. The Bertz CT molecular complexity index is 1260. The highest BCUT2D eigenvalue weighted by Crippen LogP contribution is 2.19. The second kappa shape index (κ2) is 15.3. The average Bonchev–Trinajstić information content (AvgIpc) is 2.98. The van der Waals surface area contributed by atoms with Crippen LogP contribution in [0.15, 0.2) is 36.4 Å². The van der Waals surface area contributed by atoms with Gasteiger partial charge in [0.2, 0.25) is 5.91 Å². The van der Waals surface area contributed by atoms with Crippen molar-refractivity contribution in [3.63, 3.8) is 0 Å². The highest BCUT2D eigenvalue weighted by atomic mass is 16.6. The van der Waals surface area contributed by atoms with E-state index in [0.29, 0.717) is 11.4 Å². The minimum Gasteiger partial charge on any atom is -0.460 e. The number of benzene rings is 1. The molecule has 2 aromatic rings. The van der Waals surface area contributed by atoms with Crippen LogP contribution in [0.4, 0.5) is 10.6 Å². The van der Waals surface area contributed by atoms with Gasteiger partial charge in [-0.25, -0.2) is 14.8 Å². The van der Waals surface area contributed by atoms with Gasteiger partial charge < -0.3 is 35.0 Å². The molecular formula is C30H42N6O7. The number of ether oxygens (including phenoxy) is 2. The van der Waals surface area contributed by atoms with Crippen molar-refractivity contribution in [3.05, 3.63) is 42.1 Å². The summed E-state index contributed by atoms with van der Waals surface area (Å²) in [7, 11) is 0. The van der Waals surface area contributed by atoms with Gasteiger partial charge in [-0.3, -0.25) is 14.4 Å². The molecule has 0 spiro atoms. The zero-order chi connectivity index (χ0) is 31.6. The molecule has 2 atom stereocenters. The number of amides is 3. The predicted octanol–water partition coefficient (Wildman–Crippen LogP) is 2.46. The number of aromatic nitrogens is 2. The van der Waals surface area contributed by atoms with Crippen LogP contribution in [-0.2, 0) is 19.1 Å². The standard InChI is InChI=1S/C30H42N6O7/c1-6-42-29(41)36-16-14-35(15-17-36)28(40)22(12-13-25(38)43-30(3,4)5)33-27(39)23-18-24(31-20(2)19-37)34-26(32-23)21-10-8-7-9-11-21/h7-11,18,20,22,37H,6,12-17,19H2,1-5H3,(H,33,39)(H,31,32,34)/t20?,22-/m0/s1. The summed E-state index contributed by atoms with van der Waals surface area (Å²) >= 11 is 0. The third-order valence-corrected chi connectivity index (χ3v) is 6.44. The monoisotopic (exact) mass is 598 g/mol. The van der Waals surface area contributed by atoms with Crippen molar-refractivity contribution in [2.75, 3.05) is 44.7 Å². The lowest BCUT2D eigenvalue weighted by atomic mass is 10.1. The second-order valence-corrected chi connectivity index (χ2v) is 11.2. The second-order valence-electron chi connectivity index (χ2n) is 11.2. The first-order chi connectivity index (χ1) is 20.4. The maximum Gasteiger partial charge on any atom is 0.409 e. The average molecular weight is 599 g/mol. The molecule has 3 N–H and O–H groups in total. The van der Waals surface area contributed by atoms with Crippen molar-refractivity contribution in [3.8, 4) is 11.4 Å². The van der Waals surface area contributed by atoms with E-state index in [1.54, 1.807) is 51.7 Å². The van der Waals surface area contributed by atoms with Gasteiger partial charge >= 0.3 is 12.1 Å². The van der Waals surface area contributed by atoms with Crippen LogP contribution >= 0.6 is 0 Å². The van der Waals surface area contributed by atoms with Crippen LogP contribution < -0.4 is 10.6 Å². The van der Waals surface area contributed by atoms with Gasteiger partial charge in [0.15, 0.2) is 5.82 Å². The summed E-state index contributed by atoms with van der Waals surface area (Å²) in [5, 5.41) is 15.3. The van der Waals surface area contributed by atoms with Gasteiger partial charge in [-0.15, -0.1) is 0 Å². The maximum atomic E-state index is 13.7. The van der Waals surface area contributed by atoms with Crippen molar-refractivity contribution < 1.29 is 33.8 Å². The van der Waals surface area contributed by atoms with Crippen molar-refractivity contribution in [2.45, 2.75) is 65.1 Å². The Hall–Kier alpha value is -4.26. The molecule has 1 fully saturated rings. The third kappa shape index (κ3) is 10.2. The molecule has 13 heteroatoms. The number of carbonyl (C=O) groups is 4. The van der Waals surface area contributed by atoms with Crippen molar-refractivity contribution in [2.24, 2.45) is 0 Å².